The molecule has 0 saturated carbocycles. The van der Waals surface area contributed by atoms with Gasteiger partial charge in [0.2, 0.25) is 10.0 Å². The molecule has 2 rings (SSSR count). The summed E-state index contributed by atoms with van der Waals surface area (Å²) in [5.74, 6) is 0.532. The summed E-state index contributed by atoms with van der Waals surface area (Å²) in [6.45, 7) is 3.12. The Morgan fingerprint density at radius 1 is 1.67 bits per heavy atom. The third kappa shape index (κ3) is 2.43. The van der Waals surface area contributed by atoms with Crippen molar-refractivity contribution >= 4 is 37.3 Å². The molecule has 1 unspecified atom stereocenters. The molecule has 1 fully saturated rings. The number of sulfonamides is 1. The minimum Gasteiger partial charge on any atom is -0.212 e. The lowest BCUT2D eigenvalue weighted by Gasteiger charge is -2.13. The Labute approximate surface area is 102 Å². The molecule has 0 spiro atoms. The molecule has 1 atom stereocenters. The van der Waals surface area contributed by atoms with E-state index in [1.165, 1.54) is 0 Å². The molecule has 0 aliphatic carbocycles. The summed E-state index contributed by atoms with van der Waals surface area (Å²) in [4.78, 5) is 1.08. The van der Waals surface area contributed by atoms with Crippen LogP contribution in [0.2, 0.25) is 0 Å². The lowest BCUT2D eigenvalue weighted by atomic mass is 10.2. The van der Waals surface area contributed by atoms with Gasteiger partial charge in [0.25, 0.3) is 0 Å². The van der Waals surface area contributed by atoms with Crippen LogP contribution in [-0.2, 0) is 16.6 Å². The van der Waals surface area contributed by atoms with Crippen molar-refractivity contribution in [1.29, 1.82) is 0 Å². The Morgan fingerprint density at radius 3 is 2.87 bits per heavy atom. The first kappa shape index (κ1) is 11.6. The molecule has 0 N–H and O–H groups in total. The van der Waals surface area contributed by atoms with E-state index in [4.69, 9.17) is 0 Å². The zero-order valence-electron chi connectivity index (χ0n) is 8.31. The van der Waals surface area contributed by atoms with Crippen LogP contribution in [0.4, 0.5) is 0 Å². The average molecular weight is 310 g/mol. The Balaban J connectivity index is 2.17. The first-order chi connectivity index (χ1) is 6.99. The highest BCUT2D eigenvalue weighted by molar-refractivity contribution is 9.10. The summed E-state index contributed by atoms with van der Waals surface area (Å²) in [7, 11) is -3.01. The van der Waals surface area contributed by atoms with Crippen LogP contribution >= 0.6 is 27.3 Å². The summed E-state index contributed by atoms with van der Waals surface area (Å²) < 4.78 is 26.0. The highest BCUT2D eigenvalue weighted by Gasteiger charge is 2.33. The van der Waals surface area contributed by atoms with Gasteiger partial charge in [-0.25, -0.2) is 8.42 Å². The summed E-state index contributed by atoms with van der Waals surface area (Å²) in [5.41, 5.74) is 0. The minimum atomic E-state index is -3.01. The van der Waals surface area contributed by atoms with Crippen LogP contribution in [0.1, 0.15) is 11.8 Å². The first-order valence-electron chi connectivity index (χ1n) is 4.69. The minimum absolute atomic E-state index is 0.244. The fraction of sp³-hybridized carbons (Fsp3) is 0.556. The quantitative estimate of drug-likeness (QED) is 0.840. The standard InChI is InChI=1S/C9H12BrNO2S2/c1-7-4-11(15(12,13)6-7)5-9-8(10)2-3-14-9/h2-3,7H,4-6H2,1H3. The van der Waals surface area contributed by atoms with E-state index in [0.717, 1.165) is 9.35 Å². The van der Waals surface area contributed by atoms with E-state index in [1.54, 1.807) is 15.6 Å². The topological polar surface area (TPSA) is 37.4 Å². The smallest absolute Gasteiger partial charge is 0.212 e. The zero-order chi connectivity index (χ0) is 11.1. The van der Waals surface area contributed by atoms with Crippen molar-refractivity contribution in [3.05, 3.63) is 20.8 Å². The maximum Gasteiger partial charge on any atom is 0.214 e. The van der Waals surface area contributed by atoms with Gasteiger partial charge in [0.1, 0.15) is 0 Å². The molecule has 84 valence electrons. The van der Waals surface area contributed by atoms with Gasteiger partial charge in [-0.3, -0.25) is 0 Å². The van der Waals surface area contributed by atoms with Crippen molar-refractivity contribution in [2.24, 2.45) is 5.92 Å². The lowest BCUT2D eigenvalue weighted by Crippen LogP contribution is -2.24. The highest BCUT2D eigenvalue weighted by Crippen LogP contribution is 2.28. The average Bonchev–Trinajstić information content (AvgIpc) is 2.59. The van der Waals surface area contributed by atoms with Crippen LogP contribution in [0.3, 0.4) is 0 Å². The second kappa shape index (κ2) is 4.16. The van der Waals surface area contributed by atoms with E-state index in [1.807, 2.05) is 18.4 Å². The predicted molar refractivity (Wildman–Crippen MR) is 65.4 cm³/mol. The van der Waals surface area contributed by atoms with Gasteiger partial charge in [-0.1, -0.05) is 6.92 Å². The third-order valence-corrected chi connectivity index (χ3v) is 6.38. The zero-order valence-corrected chi connectivity index (χ0v) is 11.5. The summed E-state index contributed by atoms with van der Waals surface area (Å²) >= 11 is 5.00. The lowest BCUT2D eigenvalue weighted by molar-refractivity contribution is 0.411. The SMILES string of the molecule is CC1CN(Cc2sccc2Br)S(=O)(=O)C1. The Bertz CT molecular complexity index is 454. The maximum absolute atomic E-state index is 11.7. The van der Waals surface area contributed by atoms with Crippen LogP contribution in [0.15, 0.2) is 15.9 Å². The molecule has 1 aliphatic heterocycles. The molecule has 1 aliphatic rings. The van der Waals surface area contributed by atoms with E-state index >= 15 is 0 Å². The molecule has 1 saturated heterocycles. The van der Waals surface area contributed by atoms with Gasteiger partial charge >= 0.3 is 0 Å². The van der Waals surface area contributed by atoms with Crippen molar-refractivity contribution in [3.8, 4) is 0 Å². The van der Waals surface area contributed by atoms with E-state index in [2.05, 4.69) is 15.9 Å². The van der Waals surface area contributed by atoms with E-state index in [-0.39, 0.29) is 11.7 Å². The summed E-state index contributed by atoms with van der Waals surface area (Å²) in [6.07, 6.45) is 0. The number of hydrogen-bond donors (Lipinski definition) is 0. The third-order valence-electron chi connectivity index (χ3n) is 2.41. The first-order valence-corrected chi connectivity index (χ1v) is 7.97. The molecule has 2 heterocycles. The predicted octanol–water partition coefficient (Wildman–Crippen LogP) is 2.29. The Kier molecular flexibility index (Phi) is 3.21. The van der Waals surface area contributed by atoms with Crippen LogP contribution < -0.4 is 0 Å². The van der Waals surface area contributed by atoms with E-state index in [9.17, 15) is 8.42 Å². The van der Waals surface area contributed by atoms with Crippen LogP contribution in [-0.4, -0.2) is 25.0 Å². The van der Waals surface area contributed by atoms with Crippen LogP contribution in [0.25, 0.3) is 0 Å². The van der Waals surface area contributed by atoms with Crippen molar-refractivity contribution in [2.75, 3.05) is 12.3 Å². The molecule has 1 aromatic rings. The van der Waals surface area contributed by atoms with Gasteiger partial charge in [0, 0.05) is 22.4 Å². The Morgan fingerprint density at radius 2 is 2.40 bits per heavy atom. The Hall–Kier alpha value is 0.0900. The maximum atomic E-state index is 11.7. The summed E-state index contributed by atoms with van der Waals surface area (Å²) in [5, 5.41) is 1.96. The fourth-order valence-corrected chi connectivity index (χ4v) is 5.16. The molecule has 3 nitrogen and oxygen atoms in total. The van der Waals surface area contributed by atoms with Crippen molar-refractivity contribution in [2.45, 2.75) is 13.5 Å². The monoisotopic (exact) mass is 309 g/mol. The van der Waals surface area contributed by atoms with Crippen molar-refractivity contribution in [3.63, 3.8) is 0 Å². The molecule has 0 amide bonds. The highest BCUT2D eigenvalue weighted by atomic mass is 79.9. The van der Waals surface area contributed by atoms with E-state index in [0.29, 0.717) is 13.1 Å². The van der Waals surface area contributed by atoms with Gasteiger partial charge in [0.15, 0.2) is 0 Å². The number of thiophene rings is 1. The van der Waals surface area contributed by atoms with Gasteiger partial charge in [-0.2, -0.15) is 4.31 Å². The van der Waals surface area contributed by atoms with Crippen molar-refractivity contribution in [1.82, 2.24) is 4.31 Å². The molecular weight excluding hydrogens is 298 g/mol. The number of rotatable bonds is 2. The molecule has 0 radical (unpaired) electrons. The molecular formula is C9H12BrNO2S2. The second-order valence-corrected chi connectivity index (χ2v) is 7.74. The molecule has 15 heavy (non-hydrogen) atoms. The van der Waals surface area contributed by atoms with Gasteiger partial charge < -0.3 is 0 Å². The van der Waals surface area contributed by atoms with Crippen LogP contribution in [0, 0.1) is 5.92 Å². The molecule has 6 heteroatoms. The normalized spacial score (nSPS) is 25.9. The summed E-state index contributed by atoms with van der Waals surface area (Å²) in [6, 6.07) is 1.95. The van der Waals surface area contributed by atoms with Crippen molar-refractivity contribution < 1.29 is 8.42 Å². The van der Waals surface area contributed by atoms with Gasteiger partial charge in [-0.05, 0) is 33.3 Å². The van der Waals surface area contributed by atoms with E-state index < -0.39 is 10.0 Å². The molecule has 0 bridgehead atoms. The fourth-order valence-electron chi connectivity index (χ4n) is 1.74. The molecule has 0 aromatic carbocycles. The molecule has 1 aromatic heterocycles. The number of nitrogens with zero attached hydrogens (tertiary/aromatic N) is 1. The second-order valence-electron chi connectivity index (χ2n) is 3.87. The van der Waals surface area contributed by atoms with Gasteiger partial charge in [-0.15, -0.1) is 11.3 Å². The van der Waals surface area contributed by atoms with Gasteiger partial charge in [0.05, 0.1) is 5.75 Å². The number of halogens is 1. The largest absolute Gasteiger partial charge is 0.214 e. The van der Waals surface area contributed by atoms with Crippen LogP contribution in [0.5, 0.6) is 0 Å². The number of hydrogen-bond acceptors (Lipinski definition) is 3.